The molecular weight excluding hydrogens is 318 g/mol. The smallest absolute Gasteiger partial charge is 0.317 e. The molecule has 142 valence electrons. The first-order valence-electron chi connectivity index (χ1n) is 9.65. The minimum Gasteiger partial charge on any atom is -0.480 e. The minimum atomic E-state index is -0.793. The van der Waals surface area contributed by atoms with Crippen molar-refractivity contribution in [1.29, 1.82) is 0 Å². The Labute approximate surface area is 151 Å². The van der Waals surface area contributed by atoms with E-state index in [1.807, 2.05) is 16.7 Å². The van der Waals surface area contributed by atoms with Gasteiger partial charge in [0, 0.05) is 25.2 Å². The molecule has 0 bridgehead atoms. The lowest BCUT2D eigenvalue weighted by molar-refractivity contribution is -0.139. The Kier molecular flexibility index (Phi) is 7.75. The third kappa shape index (κ3) is 6.03. The molecule has 2 rings (SSSR count). The Morgan fingerprint density at radius 3 is 2.48 bits per heavy atom. The Morgan fingerprint density at radius 2 is 1.92 bits per heavy atom. The van der Waals surface area contributed by atoms with Crippen molar-refractivity contribution in [2.75, 3.05) is 26.2 Å². The number of carbonyl (C=O) groups excluding carboxylic acids is 1. The summed E-state index contributed by atoms with van der Waals surface area (Å²) in [7, 11) is 0. The van der Waals surface area contributed by atoms with E-state index in [2.05, 4.69) is 11.9 Å². The van der Waals surface area contributed by atoms with Crippen LogP contribution in [0.5, 0.6) is 0 Å². The van der Waals surface area contributed by atoms with Gasteiger partial charge in [0.1, 0.15) is 0 Å². The highest BCUT2D eigenvalue weighted by Gasteiger charge is 2.35. The van der Waals surface area contributed by atoms with Crippen LogP contribution in [0.3, 0.4) is 0 Å². The molecule has 0 aromatic rings. The monoisotopic (exact) mass is 351 g/mol. The van der Waals surface area contributed by atoms with Crippen LogP contribution in [0.1, 0.15) is 51.9 Å². The first-order valence-corrected chi connectivity index (χ1v) is 9.65. The summed E-state index contributed by atoms with van der Waals surface area (Å²) in [5.41, 5.74) is 0. The van der Waals surface area contributed by atoms with Gasteiger partial charge in [0.25, 0.3) is 0 Å². The van der Waals surface area contributed by atoms with Gasteiger partial charge in [-0.1, -0.05) is 32.3 Å². The number of carboxylic acid groups (broad SMARTS) is 1. The molecule has 0 saturated heterocycles. The van der Waals surface area contributed by atoms with E-state index in [4.69, 9.17) is 5.11 Å². The number of carboxylic acids is 1. The van der Waals surface area contributed by atoms with E-state index in [-0.39, 0.29) is 24.7 Å². The summed E-state index contributed by atoms with van der Waals surface area (Å²) in [6.07, 6.45) is 9.75. The second-order valence-corrected chi connectivity index (χ2v) is 7.43. The SMILES string of the molecule is C=CCN(CC1CCCCC1)C(=O)NC1CC(N(CC)CC(=O)O)C1. The molecule has 6 nitrogen and oxygen atoms in total. The van der Waals surface area contributed by atoms with Gasteiger partial charge in [-0.2, -0.15) is 0 Å². The van der Waals surface area contributed by atoms with Crippen molar-refractivity contribution in [1.82, 2.24) is 15.1 Å². The second kappa shape index (κ2) is 9.80. The van der Waals surface area contributed by atoms with E-state index < -0.39 is 5.97 Å². The molecule has 0 aromatic heterocycles. The number of amides is 2. The number of nitrogens with zero attached hydrogens (tertiary/aromatic N) is 2. The van der Waals surface area contributed by atoms with Crippen molar-refractivity contribution in [2.45, 2.75) is 64.0 Å². The normalized spacial score (nSPS) is 23.8. The Morgan fingerprint density at radius 1 is 1.24 bits per heavy atom. The highest BCUT2D eigenvalue weighted by atomic mass is 16.4. The van der Waals surface area contributed by atoms with Crippen LogP contribution in [0.2, 0.25) is 0 Å². The largest absolute Gasteiger partial charge is 0.480 e. The Hall–Kier alpha value is -1.56. The van der Waals surface area contributed by atoms with Gasteiger partial charge in [-0.3, -0.25) is 9.69 Å². The number of hydrogen-bond donors (Lipinski definition) is 2. The third-order valence-electron chi connectivity index (χ3n) is 5.54. The van der Waals surface area contributed by atoms with E-state index in [1.165, 1.54) is 32.1 Å². The number of nitrogens with one attached hydrogen (secondary N) is 1. The van der Waals surface area contributed by atoms with Gasteiger partial charge in [-0.05, 0) is 38.1 Å². The molecule has 2 fully saturated rings. The van der Waals surface area contributed by atoms with Crippen LogP contribution in [0.25, 0.3) is 0 Å². The van der Waals surface area contributed by atoms with Gasteiger partial charge in [0.15, 0.2) is 0 Å². The van der Waals surface area contributed by atoms with Gasteiger partial charge in [0.2, 0.25) is 0 Å². The van der Waals surface area contributed by atoms with Crippen LogP contribution in [-0.2, 0) is 4.79 Å². The minimum absolute atomic E-state index is 0.00444. The predicted octanol–water partition coefficient (Wildman–Crippen LogP) is 2.70. The van der Waals surface area contributed by atoms with E-state index in [0.717, 1.165) is 25.9 Å². The number of likely N-dealkylation sites (N-methyl/N-ethyl adjacent to an activating group) is 1. The zero-order valence-electron chi connectivity index (χ0n) is 15.5. The Bertz CT molecular complexity index is 457. The summed E-state index contributed by atoms with van der Waals surface area (Å²) >= 11 is 0. The molecule has 0 unspecified atom stereocenters. The average Bonchev–Trinajstić information content (AvgIpc) is 2.56. The number of hydrogen-bond acceptors (Lipinski definition) is 3. The number of aliphatic carboxylic acids is 1. The maximum atomic E-state index is 12.6. The van der Waals surface area contributed by atoms with Crippen molar-refractivity contribution in [2.24, 2.45) is 5.92 Å². The molecule has 0 spiro atoms. The maximum Gasteiger partial charge on any atom is 0.317 e. The molecule has 2 N–H and O–H groups in total. The van der Waals surface area contributed by atoms with E-state index in [0.29, 0.717) is 12.5 Å². The summed E-state index contributed by atoms with van der Waals surface area (Å²) < 4.78 is 0. The van der Waals surface area contributed by atoms with Crippen LogP contribution in [0, 0.1) is 5.92 Å². The van der Waals surface area contributed by atoms with Crippen molar-refractivity contribution < 1.29 is 14.7 Å². The molecule has 25 heavy (non-hydrogen) atoms. The van der Waals surface area contributed by atoms with Gasteiger partial charge >= 0.3 is 12.0 Å². The number of rotatable bonds is 9. The molecular formula is C19H33N3O3. The summed E-state index contributed by atoms with van der Waals surface area (Å²) in [6.45, 7) is 7.95. The summed E-state index contributed by atoms with van der Waals surface area (Å²) in [5.74, 6) is -0.182. The molecule has 0 aliphatic heterocycles. The topological polar surface area (TPSA) is 72.9 Å². The fourth-order valence-electron chi connectivity index (χ4n) is 4.02. The predicted molar refractivity (Wildman–Crippen MR) is 98.6 cm³/mol. The average molecular weight is 351 g/mol. The van der Waals surface area contributed by atoms with E-state index in [1.54, 1.807) is 6.08 Å². The number of urea groups is 1. The number of carbonyl (C=O) groups is 2. The van der Waals surface area contributed by atoms with E-state index >= 15 is 0 Å². The fourth-order valence-corrected chi connectivity index (χ4v) is 4.02. The Balaban J connectivity index is 1.77. The quantitative estimate of drug-likeness (QED) is 0.627. The van der Waals surface area contributed by atoms with Crippen LogP contribution in [-0.4, -0.2) is 65.2 Å². The van der Waals surface area contributed by atoms with Crippen LogP contribution >= 0.6 is 0 Å². The van der Waals surface area contributed by atoms with E-state index in [9.17, 15) is 9.59 Å². The fraction of sp³-hybridized carbons (Fsp3) is 0.789. The first-order chi connectivity index (χ1) is 12.0. The zero-order valence-corrected chi connectivity index (χ0v) is 15.5. The lowest BCUT2D eigenvalue weighted by Crippen LogP contribution is -2.57. The molecule has 2 aliphatic carbocycles. The van der Waals surface area contributed by atoms with Gasteiger partial charge in [0.05, 0.1) is 6.54 Å². The highest BCUT2D eigenvalue weighted by molar-refractivity contribution is 5.75. The summed E-state index contributed by atoms with van der Waals surface area (Å²) in [6, 6.07) is 0.409. The molecule has 2 saturated carbocycles. The highest BCUT2D eigenvalue weighted by Crippen LogP contribution is 2.27. The van der Waals surface area contributed by atoms with Crippen LogP contribution in [0.4, 0.5) is 4.79 Å². The molecule has 0 radical (unpaired) electrons. The lowest BCUT2D eigenvalue weighted by Gasteiger charge is -2.43. The summed E-state index contributed by atoms with van der Waals surface area (Å²) in [4.78, 5) is 27.3. The first kappa shape index (κ1) is 19.8. The zero-order chi connectivity index (χ0) is 18.2. The molecule has 6 heteroatoms. The van der Waals surface area contributed by atoms with Crippen LogP contribution < -0.4 is 5.32 Å². The van der Waals surface area contributed by atoms with Crippen LogP contribution in [0.15, 0.2) is 12.7 Å². The standard InChI is InChI=1S/C19H33N3O3/c1-3-10-22(13-15-8-6-5-7-9-15)19(25)20-16-11-17(12-16)21(4-2)14-18(23)24/h3,15-17H,1,4-14H2,2H3,(H,20,25)(H,23,24). The molecule has 0 atom stereocenters. The molecule has 2 amide bonds. The van der Waals surface area contributed by atoms with Crippen molar-refractivity contribution in [3.8, 4) is 0 Å². The van der Waals surface area contributed by atoms with Crippen molar-refractivity contribution >= 4 is 12.0 Å². The second-order valence-electron chi connectivity index (χ2n) is 7.43. The molecule has 0 aromatic carbocycles. The van der Waals surface area contributed by atoms with Gasteiger partial charge in [-0.25, -0.2) is 4.79 Å². The van der Waals surface area contributed by atoms with Crippen molar-refractivity contribution in [3.05, 3.63) is 12.7 Å². The molecule has 2 aliphatic rings. The lowest BCUT2D eigenvalue weighted by atomic mass is 9.85. The maximum absolute atomic E-state index is 12.6. The van der Waals surface area contributed by atoms with Crippen molar-refractivity contribution in [3.63, 3.8) is 0 Å². The van der Waals surface area contributed by atoms with Gasteiger partial charge < -0.3 is 15.3 Å². The summed E-state index contributed by atoms with van der Waals surface area (Å²) in [5, 5.41) is 12.1. The molecule has 0 heterocycles. The van der Waals surface area contributed by atoms with Gasteiger partial charge in [-0.15, -0.1) is 6.58 Å². The third-order valence-corrected chi connectivity index (χ3v) is 5.54.